The number of aryl methyl sites for hydroxylation is 1. The monoisotopic (exact) mass is 311 g/mol. The lowest BCUT2D eigenvalue weighted by Crippen LogP contribution is -2.35. The maximum Gasteiger partial charge on any atom is 0.256 e. The van der Waals surface area contributed by atoms with E-state index in [4.69, 9.17) is 4.42 Å². The molecule has 4 heterocycles. The molecule has 0 spiro atoms. The van der Waals surface area contributed by atoms with Gasteiger partial charge in [0.05, 0.1) is 23.2 Å². The average molecular weight is 311 g/mol. The van der Waals surface area contributed by atoms with Gasteiger partial charge in [-0.3, -0.25) is 14.8 Å². The summed E-state index contributed by atoms with van der Waals surface area (Å²) in [5.74, 6) is 1.08. The van der Waals surface area contributed by atoms with Crippen LogP contribution in [0, 0.1) is 6.92 Å². The van der Waals surface area contributed by atoms with Crippen LogP contribution in [0.4, 0.5) is 0 Å². The molecular weight excluding hydrogens is 294 g/mol. The zero-order valence-corrected chi connectivity index (χ0v) is 12.8. The number of hydrogen-bond donors (Lipinski definition) is 2. The van der Waals surface area contributed by atoms with Gasteiger partial charge in [-0.2, -0.15) is 5.10 Å². The van der Waals surface area contributed by atoms with E-state index < -0.39 is 0 Å². The number of nitrogens with zero attached hydrogens (tertiary/aromatic N) is 3. The van der Waals surface area contributed by atoms with Crippen molar-refractivity contribution >= 4 is 0 Å². The molecule has 1 aliphatic rings. The Kier molecular flexibility index (Phi) is 3.34. The maximum absolute atomic E-state index is 12.4. The van der Waals surface area contributed by atoms with E-state index in [9.17, 15) is 4.79 Å². The highest BCUT2D eigenvalue weighted by atomic mass is 16.3. The number of fused-ring (bicyclic) bond motifs is 1. The minimum absolute atomic E-state index is 0.0932. The zero-order valence-electron chi connectivity index (χ0n) is 12.8. The van der Waals surface area contributed by atoms with Gasteiger partial charge in [-0.1, -0.05) is 0 Å². The first-order valence-corrected chi connectivity index (χ1v) is 7.58. The van der Waals surface area contributed by atoms with Gasteiger partial charge in [-0.15, -0.1) is 0 Å². The number of nitrogens with one attached hydrogen (secondary N) is 2. The Morgan fingerprint density at radius 3 is 3.09 bits per heavy atom. The van der Waals surface area contributed by atoms with Gasteiger partial charge in [-0.05, 0) is 25.1 Å². The number of furan rings is 1. The Bertz CT molecular complexity index is 878. The van der Waals surface area contributed by atoms with Gasteiger partial charge in [0.15, 0.2) is 11.6 Å². The predicted octanol–water partition coefficient (Wildman–Crippen LogP) is 1.62. The summed E-state index contributed by atoms with van der Waals surface area (Å²) in [5, 5.41) is 7.20. The zero-order chi connectivity index (χ0) is 15.8. The van der Waals surface area contributed by atoms with Gasteiger partial charge in [0.2, 0.25) is 0 Å². The highest BCUT2D eigenvalue weighted by Gasteiger charge is 2.22. The summed E-state index contributed by atoms with van der Waals surface area (Å²) in [5.41, 5.74) is 3.53. The molecule has 0 fully saturated rings. The molecule has 0 bridgehead atoms. The van der Waals surface area contributed by atoms with Gasteiger partial charge < -0.3 is 9.40 Å². The van der Waals surface area contributed by atoms with Gasteiger partial charge >= 0.3 is 0 Å². The Hall–Kier alpha value is -2.67. The normalized spacial score (nSPS) is 14.8. The van der Waals surface area contributed by atoms with Crippen LogP contribution in [0.3, 0.4) is 0 Å². The SMILES string of the molecule is Cc1cc(CN2CCc3nc(-c4ccco4)[nH]c(=O)c3C2)n[nH]1. The number of hydrogen-bond acceptors (Lipinski definition) is 5. The van der Waals surface area contributed by atoms with E-state index in [0.717, 1.165) is 42.2 Å². The molecule has 118 valence electrons. The van der Waals surface area contributed by atoms with Gasteiger partial charge in [0, 0.05) is 31.7 Å². The molecule has 0 aliphatic carbocycles. The minimum atomic E-state index is -0.0932. The Balaban J connectivity index is 1.59. The second-order valence-electron chi connectivity index (χ2n) is 5.82. The van der Waals surface area contributed by atoms with Crippen LogP contribution in [0.2, 0.25) is 0 Å². The van der Waals surface area contributed by atoms with Crippen molar-refractivity contribution in [3.63, 3.8) is 0 Å². The number of rotatable bonds is 3. The van der Waals surface area contributed by atoms with Crippen LogP contribution in [-0.2, 0) is 19.5 Å². The smallest absolute Gasteiger partial charge is 0.256 e. The molecule has 4 rings (SSSR count). The molecule has 2 N–H and O–H groups in total. The van der Waals surface area contributed by atoms with Crippen LogP contribution in [0.1, 0.15) is 22.6 Å². The molecule has 1 aliphatic heterocycles. The van der Waals surface area contributed by atoms with Crippen molar-refractivity contribution in [3.05, 3.63) is 57.5 Å². The predicted molar refractivity (Wildman–Crippen MR) is 83.7 cm³/mol. The van der Waals surface area contributed by atoms with Gasteiger partial charge in [-0.25, -0.2) is 4.98 Å². The van der Waals surface area contributed by atoms with Crippen LogP contribution in [0.5, 0.6) is 0 Å². The Morgan fingerprint density at radius 1 is 1.43 bits per heavy atom. The minimum Gasteiger partial charge on any atom is -0.461 e. The first kappa shape index (κ1) is 14.0. The van der Waals surface area contributed by atoms with E-state index in [0.29, 0.717) is 18.1 Å². The summed E-state index contributed by atoms with van der Waals surface area (Å²) in [6.45, 7) is 4.14. The van der Waals surface area contributed by atoms with Crippen molar-refractivity contribution in [2.45, 2.75) is 26.4 Å². The summed E-state index contributed by atoms with van der Waals surface area (Å²) in [6.07, 6.45) is 2.32. The fraction of sp³-hybridized carbons (Fsp3) is 0.312. The lowest BCUT2D eigenvalue weighted by molar-refractivity contribution is 0.239. The highest BCUT2D eigenvalue weighted by molar-refractivity contribution is 5.46. The van der Waals surface area contributed by atoms with E-state index in [1.165, 1.54) is 0 Å². The molecule has 23 heavy (non-hydrogen) atoms. The van der Waals surface area contributed by atoms with Crippen molar-refractivity contribution in [3.8, 4) is 11.6 Å². The van der Waals surface area contributed by atoms with Gasteiger partial charge in [0.25, 0.3) is 5.56 Å². The van der Waals surface area contributed by atoms with Crippen LogP contribution >= 0.6 is 0 Å². The fourth-order valence-electron chi connectivity index (χ4n) is 2.93. The van der Waals surface area contributed by atoms with Crippen molar-refractivity contribution in [1.82, 2.24) is 25.1 Å². The molecule has 3 aromatic rings. The van der Waals surface area contributed by atoms with Crippen molar-refractivity contribution < 1.29 is 4.42 Å². The van der Waals surface area contributed by atoms with Crippen LogP contribution in [0.15, 0.2) is 33.7 Å². The lowest BCUT2D eigenvalue weighted by Gasteiger charge is -2.26. The summed E-state index contributed by atoms with van der Waals surface area (Å²) in [6, 6.07) is 5.60. The number of aromatic nitrogens is 4. The Morgan fingerprint density at radius 2 is 2.35 bits per heavy atom. The molecule has 3 aromatic heterocycles. The quantitative estimate of drug-likeness (QED) is 0.767. The molecule has 7 nitrogen and oxygen atoms in total. The van der Waals surface area contributed by atoms with E-state index in [1.807, 2.05) is 13.0 Å². The summed E-state index contributed by atoms with van der Waals surface area (Å²) >= 11 is 0. The fourth-order valence-corrected chi connectivity index (χ4v) is 2.93. The summed E-state index contributed by atoms with van der Waals surface area (Å²) in [7, 11) is 0. The third-order valence-electron chi connectivity index (χ3n) is 4.05. The van der Waals surface area contributed by atoms with Crippen LogP contribution in [0.25, 0.3) is 11.6 Å². The first-order valence-electron chi connectivity index (χ1n) is 7.58. The van der Waals surface area contributed by atoms with Crippen LogP contribution < -0.4 is 5.56 Å². The average Bonchev–Trinajstić information content (AvgIpc) is 3.20. The third-order valence-corrected chi connectivity index (χ3v) is 4.05. The molecule has 7 heteroatoms. The van der Waals surface area contributed by atoms with Crippen molar-refractivity contribution in [1.29, 1.82) is 0 Å². The third kappa shape index (κ3) is 2.70. The van der Waals surface area contributed by atoms with Crippen LogP contribution in [-0.4, -0.2) is 31.6 Å². The first-order chi connectivity index (χ1) is 11.2. The summed E-state index contributed by atoms with van der Waals surface area (Å²) < 4.78 is 5.31. The maximum atomic E-state index is 12.4. The van der Waals surface area contributed by atoms with Crippen molar-refractivity contribution in [2.75, 3.05) is 6.54 Å². The Labute approximate surface area is 132 Å². The lowest BCUT2D eigenvalue weighted by atomic mass is 10.1. The van der Waals surface area contributed by atoms with Gasteiger partial charge in [0.1, 0.15) is 0 Å². The second-order valence-corrected chi connectivity index (χ2v) is 5.82. The molecule has 0 radical (unpaired) electrons. The van der Waals surface area contributed by atoms with E-state index >= 15 is 0 Å². The largest absolute Gasteiger partial charge is 0.461 e. The van der Waals surface area contributed by atoms with E-state index in [1.54, 1.807) is 18.4 Å². The molecule has 0 saturated heterocycles. The summed E-state index contributed by atoms with van der Waals surface area (Å²) in [4.78, 5) is 22.0. The molecule has 0 aromatic carbocycles. The number of H-pyrrole nitrogens is 2. The standard InChI is InChI=1S/C16H17N5O2/c1-10-7-11(20-19-10)8-21-5-4-13-12(9-21)16(22)18-15(17-13)14-3-2-6-23-14/h2-3,6-7H,4-5,8-9H2,1H3,(H,19,20)(H,17,18,22). The van der Waals surface area contributed by atoms with E-state index in [-0.39, 0.29) is 5.56 Å². The second kappa shape index (κ2) is 5.51. The van der Waals surface area contributed by atoms with Crippen molar-refractivity contribution in [2.24, 2.45) is 0 Å². The topological polar surface area (TPSA) is 90.8 Å². The molecule has 0 atom stereocenters. The van der Waals surface area contributed by atoms with E-state index in [2.05, 4.69) is 25.1 Å². The molecular formula is C16H17N5O2. The molecule has 0 amide bonds. The molecule has 0 saturated carbocycles. The number of aromatic amines is 2. The highest BCUT2D eigenvalue weighted by Crippen LogP contribution is 2.19. The molecule has 0 unspecified atom stereocenters.